The van der Waals surface area contributed by atoms with Crippen molar-refractivity contribution in [2.24, 2.45) is 5.73 Å². The molecule has 4 atom stereocenters. The van der Waals surface area contributed by atoms with Crippen molar-refractivity contribution in [2.45, 2.75) is 57.8 Å². The highest BCUT2D eigenvalue weighted by atomic mass is 16.1. The van der Waals surface area contributed by atoms with Crippen LogP contribution in [0.25, 0.3) is 21.8 Å². The summed E-state index contributed by atoms with van der Waals surface area (Å²) in [5.74, 6) is 1.44. The fourth-order valence-electron chi connectivity index (χ4n) is 7.86. The standard InChI is InChI=1S/C17H21N3O.C15H19N3/c1-12(21)18-7-9-20-16-5-3-2-4-14(16)15-11-19-8-6-13(10-19)17(15)20;16-6-8-18-14-4-2-1-3-12(14)13-10-17-7-5-11(9-17)15(13)18/h2-5,13H,6-11H2,1H3,(H,18,21);1-4,11H,5-10,16H2. The molecule has 4 unspecified atom stereocenters. The Morgan fingerprint density at radius 2 is 1.33 bits per heavy atom. The van der Waals surface area contributed by atoms with E-state index in [1.54, 1.807) is 18.2 Å². The van der Waals surface area contributed by atoms with E-state index < -0.39 is 0 Å². The highest BCUT2D eigenvalue weighted by Crippen LogP contribution is 2.42. The minimum absolute atomic E-state index is 0.0485. The molecule has 39 heavy (non-hydrogen) atoms. The lowest BCUT2D eigenvalue weighted by Gasteiger charge is -2.25. The quantitative estimate of drug-likeness (QED) is 0.414. The molecule has 0 radical (unpaired) electrons. The van der Waals surface area contributed by atoms with Crippen LogP contribution >= 0.6 is 0 Å². The van der Waals surface area contributed by atoms with Crippen molar-refractivity contribution < 1.29 is 4.79 Å². The van der Waals surface area contributed by atoms with Gasteiger partial charge >= 0.3 is 0 Å². The molecule has 1 amide bonds. The molecule has 2 aromatic heterocycles. The van der Waals surface area contributed by atoms with E-state index >= 15 is 0 Å². The Hall–Kier alpha value is -3.13. The third-order valence-electron chi connectivity index (χ3n) is 9.38. The van der Waals surface area contributed by atoms with Crippen molar-refractivity contribution in [3.63, 3.8) is 0 Å². The maximum atomic E-state index is 11.1. The lowest BCUT2D eigenvalue weighted by molar-refractivity contribution is -0.118. The molecular formula is C32H40N6O. The highest BCUT2D eigenvalue weighted by molar-refractivity contribution is 5.87. The Morgan fingerprint density at radius 1 is 0.821 bits per heavy atom. The number of carbonyl (C=O) groups excluding carboxylic acids is 1. The number of nitrogens with one attached hydrogen (secondary N) is 1. The first-order chi connectivity index (χ1) is 19.1. The van der Waals surface area contributed by atoms with Gasteiger partial charge in [0.05, 0.1) is 0 Å². The number of para-hydroxylation sites is 2. The lowest BCUT2D eigenvalue weighted by atomic mass is 9.97. The summed E-state index contributed by atoms with van der Waals surface area (Å²) in [6.45, 7) is 12.0. The first-order valence-electron chi connectivity index (χ1n) is 14.7. The summed E-state index contributed by atoms with van der Waals surface area (Å²) >= 11 is 0. The highest BCUT2D eigenvalue weighted by Gasteiger charge is 2.36. The molecule has 0 aliphatic carbocycles. The monoisotopic (exact) mass is 524 g/mol. The van der Waals surface area contributed by atoms with Gasteiger partial charge in [-0.05, 0) is 49.2 Å². The van der Waals surface area contributed by atoms with Gasteiger partial charge in [0.15, 0.2) is 0 Å². The zero-order chi connectivity index (χ0) is 26.5. The number of amides is 1. The molecular weight excluding hydrogens is 484 g/mol. The Morgan fingerprint density at radius 3 is 1.85 bits per heavy atom. The van der Waals surface area contributed by atoms with Crippen LogP contribution in [0.5, 0.6) is 0 Å². The van der Waals surface area contributed by atoms with E-state index in [1.807, 2.05) is 0 Å². The maximum absolute atomic E-state index is 11.1. The SMILES string of the molecule is CC(=O)NCCn1c2c(c3ccccc31)CN1CCC2C1.NCCn1c2c(c3ccccc31)CN1CCC2C1. The summed E-state index contributed by atoms with van der Waals surface area (Å²) in [7, 11) is 0. The van der Waals surface area contributed by atoms with Crippen LogP contribution in [-0.4, -0.2) is 64.1 Å². The first kappa shape index (κ1) is 24.9. The maximum Gasteiger partial charge on any atom is 0.216 e. The van der Waals surface area contributed by atoms with E-state index in [4.69, 9.17) is 5.73 Å². The number of hydrogen-bond acceptors (Lipinski definition) is 4. The van der Waals surface area contributed by atoms with E-state index in [1.165, 1.54) is 72.1 Å². The van der Waals surface area contributed by atoms with Crippen LogP contribution in [-0.2, 0) is 31.0 Å². The molecule has 4 bridgehead atoms. The van der Waals surface area contributed by atoms with Crippen molar-refractivity contribution in [3.05, 3.63) is 71.0 Å². The fraction of sp³-hybridized carbons (Fsp3) is 0.469. The Balaban J connectivity index is 0.000000131. The van der Waals surface area contributed by atoms with Crippen LogP contribution in [0.3, 0.4) is 0 Å². The predicted octanol–water partition coefficient (Wildman–Crippen LogP) is 3.98. The second kappa shape index (κ2) is 10.1. The smallest absolute Gasteiger partial charge is 0.216 e. The molecule has 2 fully saturated rings. The van der Waals surface area contributed by atoms with Gasteiger partial charge < -0.3 is 20.2 Å². The van der Waals surface area contributed by atoms with Crippen molar-refractivity contribution in [3.8, 4) is 0 Å². The zero-order valence-electron chi connectivity index (χ0n) is 23.0. The molecule has 204 valence electrons. The van der Waals surface area contributed by atoms with Crippen LogP contribution in [0.15, 0.2) is 48.5 Å². The third-order valence-corrected chi connectivity index (χ3v) is 9.38. The summed E-state index contributed by atoms with van der Waals surface area (Å²) in [5, 5.41) is 5.77. The van der Waals surface area contributed by atoms with Gasteiger partial charge in [0.1, 0.15) is 0 Å². The molecule has 7 nitrogen and oxygen atoms in total. The summed E-state index contributed by atoms with van der Waals surface area (Å²) in [6, 6.07) is 17.5. The minimum atomic E-state index is 0.0485. The number of fused-ring (bicyclic) bond motifs is 12. The topological polar surface area (TPSA) is 71.5 Å². The number of aromatic nitrogens is 2. The third kappa shape index (κ3) is 4.28. The summed E-state index contributed by atoms with van der Waals surface area (Å²) in [4.78, 5) is 16.3. The number of nitrogens with zero attached hydrogens (tertiary/aromatic N) is 4. The molecule has 4 aliphatic heterocycles. The first-order valence-corrected chi connectivity index (χ1v) is 14.7. The van der Waals surface area contributed by atoms with Gasteiger partial charge in [-0.25, -0.2) is 0 Å². The molecule has 7 heteroatoms. The van der Waals surface area contributed by atoms with E-state index in [0.717, 1.165) is 38.6 Å². The van der Waals surface area contributed by atoms with Gasteiger partial charge in [0, 0.05) is 104 Å². The van der Waals surface area contributed by atoms with E-state index in [-0.39, 0.29) is 5.91 Å². The molecule has 6 heterocycles. The number of carbonyl (C=O) groups is 1. The van der Waals surface area contributed by atoms with Crippen molar-refractivity contribution >= 4 is 27.7 Å². The van der Waals surface area contributed by atoms with E-state index in [0.29, 0.717) is 12.5 Å². The predicted molar refractivity (Wildman–Crippen MR) is 157 cm³/mol. The Labute approximate surface area is 230 Å². The Kier molecular flexibility index (Phi) is 6.46. The van der Waals surface area contributed by atoms with E-state index in [2.05, 4.69) is 72.8 Å². The lowest BCUT2D eigenvalue weighted by Crippen LogP contribution is -2.28. The van der Waals surface area contributed by atoms with E-state index in [9.17, 15) is 4.79 Å². The molecule has 2 aromatic carbocycles. The number of benzene rings is 2. The van der Waals surface area contributed by atoms with Gasteiger partial charge in [-0.2, -0.15) is 0 Å². The number of rotatable bonds is 5. The molecule has 4 aliphatic rings. The zero-order valence-corrected chi connectivity index (χ0v) is 23.0. The van der Waals surface area contributed by atoms with Crippen molar-refractivity contribution in [2.75, 3.05) is 39.3 Å². The van der Waals surface area contributed by atoms with Crippen molar-refractivity contribution in [1.82, 2.24) is 24.3 Å². The molecule has 2 saturated heterocycles. The van der Waals surface area contributed by atoms with Gasteiger partial charge in [0.25, 0.3) is 0 Å². The minimum Gasteiger partial charge on any atom is -0.355 e. The normalized spacial score (nSPS) is 24.4. The number of hydrogen-bond donors (Lipinski definition) is 2. The molecule has 8 rings (SSSR count). The Bertz CT molecular complexity index is 1520. The van der Waals surface area contributed by atoms with Crippen molar-refractivity contribution in [1.29, 1.82) is 0 Å². The second-order valence-electron chi connectivity index (χ2n) is 11.8. The number of nitrogens with two attached hydrogens (primary N) is 1. The summed E-state index contributed by atoms with van der Waals surface area (Å²) in [5.41, 5.74) is 14.7. The second-order valence-corrected chi connectivity index (χ2v) is 11.8. The average molecular weight is 525 g/mol. The van der Waals surface area contributed by atoms with Gasteiger partial charge in [-0.3, -0.25) is 14.6 Å². The summed E-state index contributed by atoms with van der Waals surface area (Å²) in [6.07, 6.45) is 2.58. The average Bonchev–Trinajstić information content (AvgIpc) is 3.69. The van der Waals surface area contributed by atoms with Crippen LogP contribution in [0.1, 0.15) is 54.1 Å². The molecule has 4 aromatic rings. The molecule has 0 saturated carbocycles. The van der Waals surface area contributed by atoms with Gasteiger partial charge in [-0.15, -0.1) is 0 Å². The van der Waals surface area contributed by atoms with Gasteiger partial charge in [-0.1, -0.05) is 36.4 Å². The largest absolute Gasteiger partial charge is 0.355 e. The summed E-state index contributed by atoms with van der Waals surface area (Å²) < 4.78 is 4.94. The molecule has 0 spiro atoms. The van der Waals surface area contributed by atoms with Crippen LogP contribution in [0, 0.1) is 0 Å². The van der Waals surface area contributed by atoms with Crippen LogP contribution < -0.4 is 11.1 Å². The molecule has 3 N–H and O–H groups in total. The van der Waals surface area contributed by atoms with Crippen LogP contribution in [0.2, 0.25) is 0 Å². The van der Waals surface area contributed by atoms with Crippen LogP contribution in [0.4, 0.5) is 0 Å². The van der Waals surface area contributed by atoms with Gasteiger partial charge in [0.2, 0.25) is 5.91 Å². The fourth-order valence-corrected chi connectivity index (χ4v) is 7.86.